The van der Waals surface area contributed by atoms with Crippen molar-refractivity contribution >= 4 is 43.6 Å². The highest BCUT2D eigenvalue weighted by atomic mass is 15.0. The van der Waals surface area contributed by atoms with Gasteiger partial charge in [-0.1, -0.05) is 231 Å². The standard InChI is InChI=1S/C85H63N5/c1-53-63-47-65-48-64(53)50-66(49-63)82-78(55-23-9-3-10-24-55)80(79(77(81(65)82)54-21-7-2-8-22-54)56-35-37-60(38-36-56)85-87-83(58-25-11-4-12-26-58)86-84(88-85)59-27-13-5-14-28-59)57-39-43-68(44-40-57)90-74-34-20-18-32-70(74)72-52-62(42-46-76(72)90)61-41-45-75-71(51-61)69-31-17-19-33-73(69)89(75)67-29-15-6-16-30-67/h2-46,51-53,63-66H,47-50H2,1H3. The highest BCUT2D eigenvalue weighted by Gasteiger charge is 2.49. The lowest BCUT2D eigenvalue weighted by molar-refractivity contribution is 0.0885. The number of benzene rings is 12. The second-order valence-corrected chi connectivity index (χ2v) is 25.4. The third-order valence-corrected chi connectivity index (χ3v) is 20.6. The predicted octanol–water partition coefficient (Wildman–Crippen LogP) is 22.0. The van der Waals surface area contributed by atoms with Crippen molar-refractivity contribution in [3.8, 4) is 101 Å². The zero-order valence-electron chi connectivity index (χ0n) is 50.1. The van der Waals surface area contributed by atoms with Crippen LogP contribution in [0.2, 0.25) is 0 Å². The van der Waals surface area contributed by atoms with E-state index < -0.39 is 0 Å². The first kappa shape index (κ1) is 52.4. The minimum atomic E-state index is 0.462. The van der Waals surface area contributed by atoms with Crippen molar-refractivity contribution in [1.29, 1.82) is 0 Å². The van der Waals surface area contributed by atoms with E-state index in [4.69, 9.17) is 15.0 Å². The van der Waals surface area contributed by atoms with Crippen molar-refractivity contribution in [2.75, 3.05) is 0 Å². The van der Waals surface area contributed by atoms with Crippen LogP contribution in [0.25, 0.3) is 145 Å². The minimum absolute atomic E-state index is 0.462. The van der Waals surface area contributed by atoms with E-state index in [1.54, 1.807) is 11.1 Å². The molecular formula is C85H63N5. The highest BCUT2D eigenvalue weighted by Crippen LogP contribution is 2.64. The summed E-state index contributed by atoms with van der Waals surface area (Å²) in [6, 6.07) is 105. The number of hydrogen-bond acceptors (Lipinski definition) is 3. The van der Waals surface area contributed by atoms with E-state index in [-0.39, 0.29) is 0 Å². The zero-order valence-corrected chi connectivity index (χ0v) is 50.1. The molecule has 0 spiro atoms. The zero-order chi connectivity index (χ0) is 59.4. The number of nitrogens with zero attached hydrogens (tertiary/aromatic N) is 5. The summed E-state index contributed by atoms with van der Waals surface area (Å²) in [5.41, 5.74) is 25.8. The fourth-order valence-electron chi connectivity index (χ4n) is 16.5. The van der Waals surface area contributed by atoms with Crippen LogP contribution in [0.4, 0.5) is 0 Å². The average molecular weight is 1150 g/mol. The third kappa shape index (κ3) is 8.55. The maximum absolute atomic E-state index is 5.20. The number of para-hydroxylation sites is 3. The normalized spacial score (nSPS) is 17.5. The molecule has 0 radical (unpaired) electrons. The molecule has 0 aliphatic heterocycles. The molecule has 2 fully saturated rings. The molecule has 90 heavy (non-hydrogen) atoms. The van der Waals surface area contributed by atoms with Crippen LogP contribution in [0.15, 0.2) is 285 Å². The summed E-state index contributed by atoms with van der Waals surface area (Å²) in [4.78, 5) is 15.4. The van der Waals surface area contributed by atoms with Crippen LogP contribution in [0.5, 0.6) is 0 Å². The van der Waals surface area contributed by atoms with Gasteiger partial charge in [0.1, 0.15) is 0 Å². The Bertz CT molecular complexity index is 5170. The van der Waals surface area contributed by atoms with Crippen molar-refractivity contribution in [2.24, 2.45) is 17.8 Å². The van der Waals surface area contributed by atoms with Gasteiger partial charge in [-0.25, -0.2) is 15.0 Å². The highest BCUT2D eigenvalue weighted by molar-refractivity contribution is 6.13. The van der Waals surface area contributed by atoms with Crippen LogP contribution in [0.3, 0.4) is 0 Å². The Labute approximate surface area is 524 Å². The van der Waals surface area contributed by atoms with Crippen molar-refractivity contribution in [2.45, 2.75) is 44.4 Å². The van der Waals surface area contributed by atoms with Crippen LogP contribution < -0.4 is 0 Å². The summed E-state index contributed by atoms with van der Waals surface area (Å²) in [7, 11) is 0. The molecule has 4 aliphatic rings. The fraction of sp³-hybridized carbons (Fsp3) is 0.118. The van der Waals surface area contributed by atoms with Crippen LogP contribution in [-0.2, 0) is 0 Å². The minimum Gasteiger partial charge on any atom is -0.309 e. The fourth-order valence-corrected chi connectivity index (χ4v) is 16.5. The molecule has 19 rings (SSSR count). The number of aromatic nitrogens is 5. The molecule has 0 saturated heterocycles. The molecule has 3 heterocycles. The van der Waals surface area contributed by atoms with E-state index in [0.717, 1.165) is 34.0 Å². The molecule has 5 nitrogen and oxygen atoms in total. The second kappa shape index (κ2) is 21.2. The molecule has 4 bridgehead atoms. The van der Waals surface area contributed by atoms with Gasteiger partial charge in [-0.3, -0.25) is 0 Å². The Balaban J connectivity index is 0.826. The molecule has 12 aromatic carbocycles. The molecule has 2 atom stereocenters. The molecule has 428 valence electrons. The van der Waals surface area contributed by atoms with Crippen LogP contribution in [-0.4, -0.2) is 24.1 Å². The number of hydrogen-bond donors (Lipinski definition) is 0. The molecule has 0 N–H and O–H groups in total. The maximum Gasteiger partial charge on any atom is 0.164 e. The summed E-state index contributed by atoms with van der Waals surface area (Å²) in [6.07, 6.45) is 4.97. The monoisotopic (exact) mass is 1150 g/mol. The quantitative estimate of drug-likeness (QED) is 0.137. The van der Waals surface area contributed by atoms with Crippen molar-refractivity contribution < 1.29 is 0 Å². The van der Waals surface area contributed by atoms with Crippen LogP contribution >= 0.6 is 0 Å². The smallest absolute Gasteiger partial charge is 0.164 e. The van der Waals surface area contributed by atoms with Crippen molar-refractivity contribution in [1.82, 2.24) is 24.1 Å². The van der Waals surface area contributed by atoms with E-state index in [0.29, 0.717) is 41.1 Å². The van der Waals surface area contributed by atoms with Crippen LogP contribution in [0, 0.1) is 17.8 Å². The summed E-state index contributed by atoms with van der Waals surface area (Å²) in [5.74, 6) is 5.03. The number of rotatable bonds is 10. The van der Waals surface area contributed by atoms with Crippen molar-refractivity contribution in [3.05, 3.63) is 296 Å². The lowest BCUT2D eigenvalue weighted by Crippen LogP contribution is -2.34. The van der Waals surface area contributed by atoms with E-state index in [9.17, 15) is 0 Å². The van der Waals surface area contributed by atoms with Gasteiger partial charge in [0.15, 0.2) is 17.5 Å². The first-order valence-corrected chi connectivity index (χ1v) is 32.1. The molecule has 2 saturated carbocycles. The maximum atomic E-state index is 5.20. The third-order valence-electron chi connectivity index (χ3n) is 20.6. The molecule has 3 aromatic heterocycles. The first-order valence-electron chi connectivity index (χ1n) is 32.1. The molecule has 15 aromatic rings. The second-order valence-electron chi connectivity index (χ2n) is 25.4. The number of fused-ring (bicyclic) bond motifs is 6. The SMILES string of the molecule is CC1C2CC3CC1CC(C2)c1c(-c2ccccc2)c(-c2ccc(-n4c5ccccc5c5cc(-c6ccc7c(c6)c6ccccc6n7-c6ccccc6)ccc54)cc2)c(-c2ccc(-c4nc(-c5ccccc5)nc(-c5ccccc5)n4)cc2)c(-c2ccccc2)c13. The van der Waals surface area contributed by atoms with E-state index in [2.05, 4.69) is 265 Å². The van der Waals surface area contributed by atoms with Gasteiger partial charge in [-0.15, -0.1) is 0 Å². The molecule has 0 amide bonds. The lowest BCUT2D eigenvalue weighted by Gasteiger charge is -2.44. The van der Waals surface area contributed by atoms with Gasteiger partial charge in [-0.2, -0.15) is 0 Å². The van der Waals surface area contributed by atoms with Gasteiger partial charge < -0.3 is 9.13 Å². The average Bonchev–Trinajstić information content (AvgIpc) is 1.38. The predicted molar refractivity (Wildman–Crippen MR) is 372 cm³/mol. The van der Waals surface area contributed by atoms with Gasteiger partial charge in [0.05, 0.1) is 22.1 Å². The summed E-state index contributed by atoms with van der Waals surface area (Å²) >= 11 is 0. The Morgan fingerprint density at radius 1 is 0.267 bits per heavy atom. The molecule has 5 heteroatoms. The van der Waals surface area contributed by atoms with E-state index in [1.807, 2.05) is 36.4 Å². The Morgan fingerprint density at radius 3 is 0.989 bits per heavy atom. The first-order chi connectivity index (χ1) is 44.5. The largest absolute Gasteiger partial charge is 0.309 e. The van der Waals surface area contributed by atoms with Gasteiger partial charge >= 0.3 is 0 Å². The lowest BCUT2D eigenvalue weighted by atomic mass is 9.61. The van der Waals surface area contributed by atoms with E-state index in [1.165, 1.54) is 125 Å². The van der Waals surface area contributed by atoms with Crippen LogP contribution in [0.1, 0.15) is 55.6 Å². The van der Waals surface area contributed by atoms with Gasteiger partial charge in [0.25, 0.3) is 0 Å². The van der Waals surface area contributed by atoms with E-state index >= 15 is 0 Å². The Hall–Kier alpha value is -10.8. The Morgan fingerprint density at radius 2 is 0.567 bits per heavy atom. The molecule has 2 unspecified atom stereocenters. The molecular weight excluding hydrogens is 1090 g/mol. The van der Waals surface area contributed by atoms with Gasteiger partial charge in [0, 0.05) is 49.6 Å². The summed E-state index contributed by atoms with van der Waals surface area (Å²) < 4.78 is 4.87. The topological polar surface area (TPSA) is 48.5 Å². The van der Waals surface area contributed by atoms with Crippen molar-refractivity contribution in [3.63, 3.8) is 0 Å². The van der Waals surface area contributed by atoms with Gasteiger partial charge in [0.2, 0.25) is 0 Å². The van der Waals surface area contributed by atoms with Gasteiger partial charge in [-0.05, 0) is 183 Å². The summed E-state index contributed by atoms with van der Waals surface area (Å²) in [5, 5.41) is 4.97. The summed E-state index contributed by atoms with van der Waals surface area (Å²) in [6.45, 7) is 2.56. The Kier molecular flexibility index (Phi) is 12.4. The molecule has 4 aliphatic carbocycles.